The van der Waals surface area contributed by atoms with Gasteiger partial charge in [0, 0.05) is 39.1 Å². The van der Waals surface area contributed by atoms with Crippen molar-refractivity contribution in [2.75, 3.05) is 52.5 Å². The van der Waals surface area contributed by atoms with Crippen LogP contribution in [0.25, 0.3) is 0 Å². The van der Waals surface area contributed by atoms with Gasteiger partial charge in [-0.1, -0.05) is 30.3 Å². The van der Waals surface area contributed by atoms with Crippen LogP contribution in [-0.4, -0.2) is 83.3 Å². The molecule has 1 aromatic heterocycles. The summed E-state index contributed by atoms with van der Waals surface area (Å²) >= 11 is 0. The smallest absolute Gasteiger partial charge is 0.191 e. The van der Waals surface area contributed by atoms with Crippen molar-refractivity contribution >= 4 is 29.9 Å². The highest BCUT2D eigenvalue weighted by atomic mass is 127. The van der Waals surface area contributed by atoms with Crippen molar-refractivity contribution in [3.63, 3.8) is 0 Å². The fourth-order valence-electron chi connectivity index (χ4n) is 3.48. The van der Waals surface area contributed by atoms with E-state index < -0.39 is 0 Å². The van der Waals surface area contributed by atoms with Crippen LogP contribution >= 0.6 is 24.0 Å². The normalized spacial score (nSPS) is 15.8. The van der Waals surface area contributed by atoms with Crippen molar-refractivity contribution in [3.05, 3.63) is 47.5 Å². The van der Waals surface area contributed by atoms with Gasteiger partial charge < -0.3 is 25.0 Å². The number of aromatic nitrogens is 3. The quantitative estimate of drug-likeness (QED) is 0.175. The lowest BCUT2D eigenvalue weighted by atomic mass is 10.0. The molecule has 1 aliphatic rings. The van der Waals surface area contributed by atoms with Gasteiger partial charge in [0.25, 0.3) is 0 Å². The Morgan fingerprint density at radius 3 is 2.59 bits per heavy atom. The minimum atomic E-state index is -0.00128. The van der Waals surface area contributed by atoms with E-state index in [1.165, 1.54) is 0 Å². The first-order chi connectivity index (χ1) is 15.2. The molecule has 1 atom stereocenters. The van der Waals surface area contributed by atoms with Crippen molar-refractivity contribution in [3.8, 4) is 0 Å². The number of aliphatic hydroxyl groups excluding tert-OH is 1. The van der Waals surface area contributed by atoms with Crippen LogP contribution in [0.2, 0.25) is 0 Å². The number of aryl methyl sites for hydroxylation is 1. The first kappa shape index (κ1) is 26.5. The average molecular weight is 557 g/mol. The number of aliphatic imine (C=N–C) groups is 1. The third kappa shape index (κ3) is 8.30. The number of ether oxygens (including phenoxy) is 1. The van der Waals surface area contributed by atoms with Gasteiger partial charge in [0.1, 0.15) is 12.4 Å². The number of guanidine groups is 1. The maximum absolute atomic E-state index is 9.86. The molecule has 0 amide bonds. The van der Waals surface area contributed by atoms with E-state index in [-0.39, 0.29) is 36.5 Å². The van der Waals surface area contributed by atoms with Crippen LogP contribution in [0.5, 0.6) is 0 Å². The molecule has 1 saturated heterocycles. The fourth-order valence-corrected chi connectivity index (χ4v) is 3.48. The molecule has 0 aliphatic carbocycles. The summed E-state index contributed by atoms with van der Waals surface area (Å²) in [6.45, 7) is 8.52. The number of morpholine rings is 1. The van der Waals surface area contributed by atoms with Gasteiger partial charge in [0.05, 0.1) is 19.8 Å². The molecule has 1 aromatic carbocycles. The van der Waals surface area contributed by atoms with E-state index in [1.807, 2.05) is 48.9 Å². The zero-order valence-electron chi connectivity index (χ0n) is 19.0. The van der Waals surface area contributed by atoms with E-state index in [0.717, 1.165) is 69.0 Å². The molecule has 3 rings (SSSR count). The van der Waals surface area contributed by atoms with Crippen LogP contribution in [0.3, 0.4) is 0 Å². The average Bonchev–Trinajstić information content (AvgIpc) is 3.13. The largest absolute Gasteiger partial charge is 0.396 e. The molecule has 3 N–H and O–H groups in total. The van der Waals surface area contributed by atoms with Gasteiger partial charge >= 0.3 is 0 Å². The van der Waals surface area contributed by atoms with Gasteiger partial charge in [-0.25, -0.2) is 4.99 Å². The first-order valence-electron chi connectivity index (χ1n) is 11.0. The molecule has 0 saturated carbocycles. The number of rotatable bonds is 10. The second-order valence-electron chi connectivity index (χ2n) is 7.79. The van der Waals surface area contributed by atoms with Crippen molar-refractivity contribution in [1.82, 2.24) is 30.3 Å². The molecular formula is C22H36IN7O2. The molecule has 0 radical (unpaired) electrons. The molecule has 32 heavy (non-hydrogen) atoms. The van der Waals surface area contributed by atoms with Crippen LogP contribution in [-0.2, 0) is 18.3 Å². The Labute approximate surface area is 207 Å². The third-order valence-corrected chi connectivity index (χ3v) is 5.62. The van der Waals surface area contributed by atoms with E-state index in [4.69, 9.17) is 9.73 Å². The fraction of sp³-hybridized carbons (Fsp3) is 0.591. The number of nitrogens with one attached hydrogen (secondary N) is 2. The van der Waals surface area contributed by atoms with Crippen LogP contribution in [0, 0.1) is 6.92 Å². The Hall–Kier alpha value is -1.76. The Balaban J connectivity index is 0.00000363. The summed E-state index contributed by atoms with van der Waals surface area (Å²) in [5, 5.41) is 25.0. The maximum atomic E-state index is 9.86. The molecule has 9 nitrogen and oxygen atoms in total. The number of nitrogens with zero attached hydrogens (tertiary/aromatic N) is 5. The minimum Gasteiger partial charge on any atom is -0.396 e. The highest BCUT2D eigenvalue weighted by Crippen LogP contribution is 2.13. The second-order valence-corrected chi connectivity index (χ2v) is 7.79. The molecule has 2 heterocycles. The summed E-state index contributed by atoms with van der Waals surface area (Å²) in [6, 6.07) is 10.0. The second kappa shape index (κ2) is 14.4. The highest BCUT2D eigenvalue weighted by Gasteiger charge is 2.13. The lowest BCUT2D eigenvalue weighted by Gasteiger charge is -2.26. The molecule has 10 heteroatoms. The number of aliphatic hydroxyl groups is 1. The highest BCUT2D eigenvalue weighted by molar-refractivity contribution is 14.0. The maximum Gasteiger partial charge on any atom is 0.191 e. The summed E-state index contributed by atoms with van der Waals surface area (Å²) in [5.41, 5.74) is 1.10. The SMILES string of the molecule is Cc1nnc(CN=C(NCCCN2CCOCC2)NCC(CO)c2ccccc2)n1C.I. The Morgan fingerprint density at radius 2 is 1.94 bits per heavy atom. The van der Waals surface area contributed by atoms with E-state index in [2.05, 4.69) is 25.7 Å². The third-order valence-electron chi connectivity index (χ3n) is 5.62. The summed E-state index contributed by atoms with van der Waals surface area (Å²) < 4.78 is 7.36. The van der Waals surface area contributed by atoms with Crippen molar-refractivity contribution in [2.45, 2.75) is 25.8 Å². The molecule has 1 fully saturated rings. The van der Waals surface area contributed by atoms with Gasteiger partial charge in [-0.05, 0) is 25.5 Å². The van der Waals surface area contributed by atoms with Crippen LogP contribution < -0.4 is 10.6 Å². The topological polar surface area (TPSA) is 99.8 Å². The molecule has 0 spiro atoms. The summed E-state index contributed by atoms with van der Waals surface area (Å²) in [6.07, 6.45) is 1.02. The predicted octanol–water partition coefficient (Wildman–Crippen LogP) is 1.28. The van der Waals surface area contributed by atoms with E-state index in [0.29, 0.717) is 13.1 Å². The molecular weight excluding hydrogens is 521 g/mol. The van der Waals surface area contributed by atoms with E-state index in [9.17, 15) is 5.11 Å². The summed E-state index contributed by atoms with van der Waals surface area (Å²) in [4.78, 5) is 7.13. The van der Waals surface area contributed by atoms with Gasteiger partial charge in [0.2, 0.25) is 0 Å². The number of hydrogen-bond donors (Lipinski definition) is 3. The van der Waals surface area contributed by atoms with Crippen molar-refractivity contribution in [2.24, 2.45) is 12.0 Å². The van der Waals surface area contributed by atoms with Crippen LogP contribution in [0.1, 0.15) is 29.6 Å². The molecule has 1 aliphatic heterocycles. The van der Waals surface area contributed by atoms with Gasteiger partial charge in [0.15, 0.2) is 11.8 Å². The Bertz CT molecular complexity index is 810. The number of hydrogen-bond acceptors (Lipinski definition) is 6. The molecule has 0 bridgehead atoms. The zero-order valence-corrected chi connectivity index (χ0v) is 21.4. The molecule has 2 aromatic rings. The number of halogens is 1. The molecule has 1 unspecified atom stereocenters. The van der Waals surface area contributed by atoms with Gasteiger partial charge in [-0.15, -0.1) is 34.2 Å². The summed E-state index contributed by atoms with van der Waals surface area (Å²) in [5.74, 6) is 2.40. The predicted molar refractivity (Wildman–Crippen MR) is 136 cm³/mol. The monoisotopic (exact) mass is 557 g/mol. The van der Waals surface area contributed by atoms with E-state index in [1.54, 1.807) is 0 Å². The van der Waals surface area contributed by atoms with Crippen molar-refractivity contribution in [1.29, 1.82) is 0 Å². The van der Waals surface area contributed by atoms with Gasteiger partial charge in [-0.3, -0.25) is 4.90 Å². The van der Waals surface area contributed by atoms with Crippen LogP contribution in [0.4, 0.5) is 0 Å². The molecule has 178 valence electrons. The van der Waals surface area contributed by atoms with E-state index >= 15 is 0 Å². The van der Waals surface area contributed by atoms with Crippen molar-refractivity contribution < 1.29 is 9.84 Å². The Morgan fingerprint density at radius 1 is 1.19 bits per heavy atom. The minimum absolute atomic E-state index is 0. The summed E-state index contributed by atoms with van der Waals surface area (Å²) in [7, 11) is 1.94. The van der Waals surface area contributed by atoms with Gasteiger partial charge in [-0.2, -0.15) is 0 Å². The lowest BCUT2D eigenvalue weighted by Crippen LogP contribution is -2.42. The number of benzene rings is 1. The lowest BCUT2D eigenvalue weighted by molar-refractivity contribution is 0.0376. The first-order valence-corrected chi connectivity index (χ1v) is 11.0. The zero-order chi connectivity index (χ0) is 21.9. The standard InChI is InChI=1S/C22H35N7O2.HI/c1-18-26-27-21(28(18)2)16-25-22(23-9-6-10-29-11-13-31-14-12-29)24-15-20(17-30)19-7-4-3-5-8-19;/h3-5,7-8,20,30H,6,9-17H2,1-2H3,(H2,23,24,25);1H. The van der Waals surface area contributed by atoms with Crippen LogP contribution in [0.15, 0.2) is 35.3 Å². The Kier molecular flexibility index (Phi) is 11.9.